The van der Waals surface area contributed by atoms with E-state index in [1.807, 2.05) is 4.90 Å². The van der Waals surface area contributed by atoms with Gasteiger partial charge in [-0.3, -0.25) is 9.69 Å². The Kier molecular flexibility index (Phi) is 3.91. The van der Waals surface area contributed by atoms with Crippen molar-refractivity contribution < 1.29 is 13.7 Å². The van der Waals surface area contributed by atoms with E-state index >= 15 is 0 Å². The van der Waals surface area contributed by atoms with Crippen molar-refractivity contribution in [1.82, 2.24) is 15.0 Å². The molecule has 2 aromatic heterocycles. The number of carbonyl (C=O) groups is 1. The van der Waals surface area contributed by atoms with Crippen molar-refractivity contribution >= 4 is 5.91 Å². The molecule has 4 rings (SSSR count). The maximum Gasteiger partial charge on any atom is 0.276 e. The topological polar surface area (TPSA) is 62.7 Å². The van der Waals surface area contributed by atoms with Gasteiger partial charge >= 0.3 is 0 Å². The maximum atomic E-state index is 12.6. The van der Waals surface area contributed by atoms with E-state index < -0.39 is 0 Å². The SMILES string of the molecule is O=C(c1cc(-c2ccco2)on1)N1CCCN(C2CCC2)CC1. The van der Waals surface area contributed by atoms with Crippen molar-refractivity contribution in [2.45, 2.75) is 31.7 Å². The van der Waals surface area contributed by atoms with Crippen LogP contribution in [0.4, 0.5) is 0 Å². The van der Waals surface area contributed by atoms with Crippen molar-refractivity contribution in [2.75, 3.05) is 26.2 Å². The van der Waals surface area contributed by atoms with Crippen LogP contribution in [0.15, 0.2) is 33.4 Å². The van der Waals surface area contributed by atoms with Crippen molar-refractivity contribution in [3.05, 3.63) is 30.2 Å². The van der Waals surface area contributed by atoms with Gasteiger partial charge in [0, 0.05) is 38.3 Å². The number of amides is 1. The summed E-state index contributed by atoms with van der Waals surface area (Å²) in [6, 6.07) is 5.97. The first-order chi connectivity index (χ1) is 11.3. The molecule has 0 unspecified atom stereocenters. The molecule has 3 heterocycles. The molecule has 0 radical (unpaired) electrons. The van der Waals surface area contributed by atoms with E-state index in [1.165, 1.54) is 19.3 Å². The molecule has 0 spiro atoms. The van der Waals surface area contributed by atoms with E-state index in [2.05, 4.69) is 10.1 Å². The maximum absolute atomic E-state index is 12.6. The lowest BCUT2D eigenvalue weighted by molar-refractivity contribution is 0.0739. The quantitative estimate of drug-likeness (QED) is 0.871. The minimum Gasteiger partial charge on any atom is -0.461 e. The molecule has 23 heavy (non-hydrogen) atoms. The highest BCUT2D eigenvalue weighted by atomic mass is 16.5. The molecule has 1 aliphatic heterocycles. The summed E-state index contributed by atoms with van der Waals surface area (Å²) < 4.78 is 10.5. The fourth-order valence-electron chi connectivity index (χ4n) is 3.33. The number of hydrogen-bond donors (Lipinski definition) is 0. The minimum absolute atomic E-state index is 0.0537. The molecule has 2 fully saturated rings. The summed E-state index contributed by atoms with van der Waals surface area (Å²) in [6.45, 7) is 3.59. The van der Waals surface area contributed by atoms with Gasteiger partial charge in [0.25, 0.3) is 5.91 Å². The second kappa shape index (κ2) is 6.20. The monoisotopic (exact) mass is 315 g/mol. The highest BCUT2D eigenvalue weighted by Crippen LogP contribution is 2.26. The molecule has 0 N–H and O–H groups in total. The number of nitrogens with zero attached hydrogens (tertiary/aromatic N) is 3. The van der Waals surface area contributed by atoms with Crippen LogP contribution >= 0.6 is 0 Å². The van der Waals surface area contributed by atoms with Crippen LogP contribution < -0.4 is 0 Å². The van der Waals surface area contributed by atoms with Crippen LogP contribution in [-0.2, 0) is 0 Å². The van der Waals surface area contributed by atoms with Crippen molar-refractivity contribution in [3.63, 3.8) is 0 Å². The number of furan rings is 1. The van der Waals surface area contributed by atoms with Gasteiger partial charge in [0.05, 0.1) is 6.26 Å². The van der Waals surface area contributed by atoms with E-state index in [0.717, 1.165) is 38.6 Å². The van der Waals surface area contributed by atoms with E-state index in [4.69, 9.17) is 8.94 Å². The first-order valence-corrected chi connectivity index (χ1v) is 8.35. The first-order valence-electron chi connectivity index (χ1n) is 8.35. The Morgan fingerprint density at radius 3 is 2.78 bits per heavy atom. The zero-order valence-corrected chi connectivity index (χ0v) is 13.1. The number of hydrogen-bond acceptors (Lipinski definition) is 5. The number of aromatic nitrogens is 1. The van der Waals surface area contributed by atoms with E-state index in [0.29, 0.717) is 17.2 Å². The Labute approximate surface area is 135 Å². The van der Waals surface area contributed by atoms with Gasteiger partial charge in [-0.1, -0.05) is 11.6 Å². The molecule has 1 saturated heterocycles. The van der Waals surface area contributed by atoms with Crippen LogP contribution in [0.2, 0.25) is 0 Å². The predicted molar refractivity (Wildman–Crippen MR) is 83.9 cm³/mol. The molecule has 1 saturated carbocycles. The highest BCUT2D eigenvalue weighted by Gasteiger charge is 2.29. The fourth-order valence-corrected chi connectivity index (χ4v) is 3.33. The molecule has 1 aliphatic carbocycles. The smallest absolute Gasteiger partial charge is 0.276 e. The molecule has 6 heteroatoms. The molecular weight excluding hydrogens is 294 g/mol. The van der Waals surface area contributed by atoms with E-state index in [-0.39, 0.29) is 5.91 Å². The fraction of sp³-hybridized carbons (Fsp3) is 0.529. The number of rotatable bonds is 3. The summed E-state index contributed by atoms with van der Waals surface area (Å²) in [6.07, 6.45) is 6.56. The van der Waals surface area contributed by atoms with Crippen LogP contribution in [0.25, 0.3) is 11.5 Å². The zero-order valence-electron chi connectivity index (χ0n) is 13.1. The van der Waals surface area contributed by atoms with E-state index in [9.17, 15) is 4.79 Å². The largest absolute Gasteiger partial charge is 0.461 e. The Bertz CT molecular complexity index is 660. The molecule has 2 aliphatic rings. The Balaban J connectivity index is 1.42. The first kappa shape index (κ1) is 14.5. The van der Waals surface area contributed by atoms with Gasteiger partial charge in [0.15, 0.2) is 11.5 Å². The van der Waals surface area contributed by atoms with Crippen LogP contribution in [-0.4, -0.2) is 53.1 Å². The Morgan fingerprint density at radius 2 is 2.04 bits per heavy atom. The third-order valence-corrected chi connectivity index (χ3v) is 4.90. The number of carbonyl (C=O) groups excluding carboxylic acids is 1. The summed E-state index contributed by atoms with van der Waals surface area (Å²) in [4.78, 5) is 17.1. The Morgan fingerprint density at radius 1 is 1.13 bits per heavy atom. The van der Waals surface area contributed by atoms with Crippen molar-refractivity contribution in [2.24, 2.45) is 0 Å². The zero-order chi connectivity index (χ0) is 15.6. The molecule has 0 bridgehead atoms. The molecular formula is C17H21N3O3. The lowest BCUT2D eigenvalue weighted by Crippen LogP contribution is -2.42. The summed E-state index contributed by atoms with van der Waals surface area (Å²) in [7, 11) is 0. The molecule has 1 amide bonds. The Hall–Kier alpha value is -2.08. The predicted octanol–water partition coefficient (Wildman–Crippen LogP) is 2.64. The van der Waals surface area contributed by atoms with Gasteiger partial charge < -0.3 is 13.8 Å². The van der Waals surface area contributed by atoms with Gasteiger partial charge in [0.1, 0.15) is 0 Å². The van der Waals surface area contributed by atoms with Gasteiger partial charge in [-0.25, -0.2) is 0 Å². The summed E-state index contributed by atoms with van der Waals surface area (Å²) in [5.41, 5.74) is 0.355. The van der Waals surface area contributed by atoms with Crippen molar-refractivity contribution in [1.29, 1.82) is 0 Å². The summed E-state index contributed by atoms with van der Waals surface area (Å²) in [5.74, 6) is 1.02. The highest BCUT2D eigenvalue weighted by molar-refractivity contribution is 5.93. The second-order valence-corrected chi connectivity index (χ2v) is 6.32. The van der Waals surface area contributed by atoms with Crippen LogP contribution in [0, 0.1) is 0 Å². The van der Waals surface area contributed by atoms with Crippen molar-refractivity contribution in [3.8, 4) is 11.5 Å². The molecule has 6 nitrogen and oxygen atoms in total. The van der Waals surface area contributed by atoms with Gasteiger partial charge in [0.2, 0.25) is 5.76 Å². The summed E-state index contributed by atoms with van der Waals surface area (Å²) >= 11 is 0. The van der Waals surface area contributed by atoms with Gasteiger partial charge in [-0.15, -0.1) is 0 Å². The van der Waals surface area contributed by atoms with Crippen LogP contribution in [0.3, 0.4) is 0 Å². The average molecular weight is 315 g/mol. The lowest BCUT2D eigenvalue weighted by Gasteiger charge is -2.36. The minimum atomic E-state index is -0.0537. The molecule has 122 valence electrons. The standard InChI is InChI=1S/C17H21N3O3/c21-17(14-12-16(23-18-14)15-6-2-11-22-15)20-8-3-7-19(9-10-20)13-4-1-5-13/h2,6,11-13H,1,3-5,7-10H2. The third-order valence-electron chi connectivity index (χ3n) is 4.90. The second-order valence-electron chi connectivity index (χ2n) is 6.32. The lowest BCUT2D eigenvalue weighted by atomic mass is 9.91. The third kappa shape index (κ3) is 2.91. The average Bonchev–Trinajstić information content (AvgIpc) is 3.13. The molecule has 0 atom stereocenters. The van der Waals surface area contributed by atoms with Gasteiger partial charge in [-0.2, -0.15) is 0 Å². The molecule has 0 aromatic carbocycles. The molecule has 2 aromatic rings. The van der Waals surface area contributed by atoms with Crippen LogP contribution in [0.1, 0.15) is 36.2 Å². The van der Waals surface area contributed by atoms with Gasteiger partial charge in [-0.05, 0) is 31.4 Å². The van der Waals surface area contributed by atoms with E-state index in [1.54, 1.807) is 24.5 Å². The summed E-state index contributed by atoms with van der Waals surface area (Å²) in [5, 5.41) is 3.92. The van der Waals surface area contributed by atoms with Crippen LogP contribution in [0.5, 0.6) is 0 Å². The normalized spacial score (nSPS) is 20.3.